The first kappa shape index (κ1) is 13.1. The monoisotopic (exact) mass is 245 g/mol. The minimum Gasteiger partial charge on any atom is -0.207 e. The Kier molecular flexibility index (Phi) is 4.01. The molecule has 0 N–H and O–H groups in total. The lowest BCUT2D eigenvalue weighted by molar-refractivity contribution is 0.194. The van der Waals surface area contributed by atoms with Crippen molar-refractivity contribution < 1.29 is 4.39 Å². The Bertz CT molecular complexity index is 431. The smallest absolute Gasteiger partial charge is 0.123 e. The van der Waals surface area contributed by atoms with Crippen molar-refractivity contribution in [2.45, 2.75) is 45.4 Å². The number of benzene rings is 1. The quantitative estimate of drug-likeness (QED) is 0.770. The molecule has 1 aliphatic rings. The molecule has 2 unspecified atom stereocenters. The molecule has 2 atom stereocenters. The molecule has 0 saturated heterocycles. The molecule has 96 valence electrons. The van der Waals surface area contributed by atoms with Crippen LogP contribution in [-0.4, -0.2) is 0 Å². The maximum atomic E-state index is 12.9. The molecule has 0 amide bonds. The second-order valence-corrected chi connectivity index (χ2v) is 5.57. The van der Waals surface area contributed by atoms with Gasteiger partial charge in [0.25, 0.3) is 0 Å². The highest BCUT2D eigenvalue weighted by Crippen LogP contribution is 2.42. The number of nitriles is 1. The zero-order chi connectivity index (χ0) is 13.0. The third-order valence-electron chi connectivity index (χ3n) is 4.22. The summed E-state index contributed by atoms with van der Waals surface area (Å²) < 4.78 is 12.9. The molecule has 0 heterocycles. The van der Waals surface area contributed by atoms with Crippen molar-refractivity contribution >= 4 is 0 Å². The van der Waals surface area contributed by atoms with E-state index in [2.05, 4.69) is 13.0 Å². The summed E-state index contributed by atoms with van der Waals surface area (Å²) in [6.45, 7) is 2.20. The molecule has 1 aromatic rings. The SMILES string of the molecule is CCC1CCCC(C#N)(Cc2ccc(F)cc2)C1. The van der Waals surface area contributed by atoms with Gasteiger partial charge < -0.3 is 0 Å². The van der Waals surface area contributed by atoms with Gasteiger partial charge in [-0.15, -0.1) is 0 Å². The van der Waals surface area contributed by atoms with Gasteiger partial charge in [-0.1, -0.05) is 38.3 Å². The van der Waals surface area contributed by atoms with Crippen molar-refractivity contribution in [1.29, 1.82) is 5.26 Å². The average molecular weight is 245 g/mol. The molecule has 0 spiro atoms. The van der Waals surface area contributed by atoms with Gasteiger partial charge in [-0.2, -0.15) is 5.26 Å². The lowest BCUT2D eigenvalue weighted by Crippen LogP contribution is -2.29. The van der Waals surface area contributed by atoms with E-state index in [-0.39, 0.29) is 11.2 Å². The van der Waals surface area contributed by atoms with Crippen LogP contribution in [0.4, 0.5) is 4.39 Å². The Morgan fingerprint density at radius 2 is 2.11 bits per heavy atom. The minimum absolute atomic E-state index is 0.208. The summed E-state index contributed by atoms with van der Waals surface area (Å²) in [6.07, 6.45) is 6.30. The molecule has 18 heavy (non-hydrogen) atoms. The van der Waals surface area contributed by atoms with Crippen LogP contribution in [0.2, 0.25) is 0 Å². The number of rotatable bonds is 3. The minimum atomic E-state index is -0.225. The summed E-state index contributed by atoms with van der Waals surface area (Å²) in [5.74, 6) is 0.471. The Morgan fingerprint density at radius 3 is 2.72 bits per heavy atom. The van der Waals surface area contributed by atoms with Crippen LogP contribution in [-0.2, 0) is 6.42 Å². The molecule has 0 aromatic heterocycles. The van der Waals surface area contributed by atoms with E-state index in [1.165, 1.54) is 18.6 Å². The predicted molar refractivity (Wildman–Crippen MR) is 70.4 cm³/mol. The first-order valence-electron chi connectivity index (χ1n) is 6.83. The summed E-state index contributed by atoms with van der Waals surface area (Å²) in [6, 6.07) is 9.14. The highest BCUT2D eigenvalue weighted by atomic mass is 19.1. The predicted octanol–water partition coefficient (Wildman–Crippen LogP) is 4.48. The van der Waals surface area contributed by atoms with Gasteiger partial charge in [0.05, 0.1) is 11.5 Å². The molecule has 0 aliphatic heterocycles. The van der Waals surface area contributed by atoms with Gasteiger partial charge >= 0.3 is 0 Å². The van der Waals surface area contributed by atoms with E-state index < -0.39 is 0 Å². The van der Waals surface area contributed by atoms with Crippen molar-refractivity contribution in [2.75, 3.05) is 0 Å². The summed E-state index contributed by atoms with van der Waals surface area (Å²) in [4.78, 5) is 0. The van der Waals surface area contributed by atoms with Crippen LogP contribution in [0.25, 0.3) is 0 Å². The molecule has 2 rings (SSSR count). The van der Waals surface area contributed by atoms with Gasteiger partial charge in [0.1, 0.15) is 5.82 Å². The van der Waals surface area contributed by atoms with Gasteiger partial charge in [0.2, 0.25) is 0 Å². The van der Waals surface area contributed by atoms with E-state index in [0.717, 1.165) is 37.7 Å². The number of hydrogen-bond donors (Lipinski definition) is 0. The lowest BCUT2D eigenvalue weighted by Gasteiger charge is -2.35. The van der Waals surface area contributed by atoms with Crippen LogP contribution < -0.4 is 0 Å². The van der Waals surface area contributed by atoms with Crippen molar-refractivity contribution in [3.8, 4) is 6.07 Å². The fraction of sp³-hybridized carbons (Fsp3) is 0.562. The van der Waals surface area contributed by atoms with Crippen LogP contribution in [0.1, 0.15) is 44.6 Å². The maximum Gasteiger partial charge on any atom is 0.123 e. The molecule has 1 saturated carbocycles. The van der Waals surface area contributed by atoms with E-state index in [9.17, 15) is 9.65 Å². The Hall–Kier alpha value is -1.36. The number of hydrogen-bond acceptors (Lipinski definition) is 1. The molecular weight excluding hydrogens is 225 g/mol. The van der Waals surface area contributed by atoms with E-state index in [4.69, 9.17) is 0 Å². The summed E-state index contributed by atoms with van der Waals surface area (Å²) in [7, 11) is 0. The summed E-state index contributed by atoms with van der Waals surface area (Å²) in [5.41, 5.74) is 0.853. The van der Waals surface area contributed by atoms with E-state index in [1.807, 2.05) is 12.1 Å². The van der Waals surface area contributed by atoms with E-state index in [0.29, 0.717) is 5.92 Å². The van der Waals surface area contributed by atoms with E-state index in [1.54, 1.807) is 0 Å². The summed E-state index contributed by atoms with van der Waals surface area (Å²) >= 11 is 0. The van der Waals surface area contributed by atoms with Gasteiger partial charge in [-0.25, -0.2) is 4.39 Å². The molecule has 0 bridgehead atoms. The van der Waals surface area contributed by atoms with Crippen LogP contribution in [0.3, 0.4) is 0 Å². The van der Waals surface area contributed by atoms with Gasteiger partial charge in [0, 0.05) is 0 Å². The highest BCUT2D eigenvalue weighted by Gasteiger charge is 2.35. The second-order valence-electron chi connectivity index (χ2n) is 5.57. The highest BCUT2D eigenvalue weighted by molar-refractivity contribution is 5.20. The maximum absolute atomic E-state index is 12.9. The van der Waals surface area contributed by atoms with Crippen LogP contribution >= 0.6 is 0 Å². The number of nitrogens with zero attached hydrogens (tertiary/aromatic N) is 1. The summed E-state index contributed by atoms with van der Waals surface area (Å²) in [5, 5.41) is 9.55. The fourth-order valence-electron chi connectivity index (χ4n) is 3.13. The van der Waals surface area contributed by atoms with Crippen LogP contribution in [0.5, 0.6) is 0 Å². The zero-order valence-electron chi connectivity index (χ0n) is 11.0. The van der Waals surface area contributed by atoms with Crippen molar-refractivity contribution in [3.05, 3.63) is 35.6 Å². The molecule has 1 aromatic carbocycles. The molecule has 1 fully saturated rings. The third kappa shape index (κ3) is 2.90. The Morgan fingerprint density at radius 1 is 1.39 bits per heavy atom. The number of halogens is 1. The fourth-order valence-corrected chi connectivity index (χ4v) is 3.13. The van der Waals surface area contributed by atoms with Gasteiger partial charge in [0.15, 0.2) is 0 Å². The van der Waals surface area contributed by atoms with Crippen LogP contribution in [0, 0.1) is 28.5 Å². The van der Waals surface area contributed by atoms with Crippen molar-refractivity contribution in [3.63, 3.8) is 0 Å². The molecule has 1 nitrogen and oxygen atoms in total. The topological polar surface area (TPSA) is 23.8 Å². The molecule has 1 aliphatic carbocycles. The first-order chi connectivity index (χ1) is 8.67. The Balaban J connectivity index is 2.13. The van der Waals surface area contributed by atoms with Gasteiger partial charge in [-0.05, 0) is 42.9 Å². The zero-order valence-corrected chi connectivity index (χ0v) is 11.0. The standard InChI is InChI=1S/C16H20FN/c1-2-13-4-3-9-16(10-13,12-18)11-14-5-7-15(17)8-6-14/h5-8,13H,2-4,9-11H2,1H3. The molecular formula is C16H20FN. The average Bonchev–Trinajstić information content (AvgIpc) is 2.42. The molecule has 0 radical (unpaired) electrons. The molecule has 2 heteroatoms. The largest absolute Gasteiger partial charge is 0.207 e. The lowest BCUT2D eigenvalue weighted by atomic mass is 9.67. The second kappa shape index (κ2) is 5.52. The normalized spacial score (nSPS) is 27.7. The van der Waals surface area contributed by atoms with E-state index >= 15 is 0 Å². The van der Waals surface area contributed by atoms with Gasteiger partial charge in [-0.3, -0.25) is 0 Å². The first-order valence-corrected chi connectivity index (χ1v) is 6.83. The van der Waals surface area contributed by atoms with Crippen molar-refractivity contribution in [1.82, 2.24) is 0 Å². The van der Waals surface area contributed by atoms with Crippen LogP contribution in [0.15, 0.2) is 24.3 Å². The van der Waals surface area contributed by atoms with Crippen molar-refractivity contribution in [2.24, 2.45) is 11.3 Å². The Labute approximate surface area is 109 Å². The third-order valence-corrected chi connectivity index (χ3v) is 4.22.